The molecule has 0 spiro atoms. The molecular formula is C23H25N5O2. The van der Waals surface area contributed by atoms with E-state index >= 15 is 0 Å². The second-order valence-corrected chi connectivity index (χ2v) is 8.33. The van der Waals surface area contributed by atoms with Crippen molar-refractivity contribution in [1.82, 2.24) is 24.2 Å². The summed E-state index contributed by atoms with van der Waals surface area (Å²) < 4.78 is 3.60. The molecule has 1 aliphatic rings. The molecule has 0 amide bonds. The number of piperidine rings is 1. The zero-order valence-corrected chi connectivity index (χ0v) is 17.5. The molecule has 7 heteroatoms. The maximum atomic E-state index is 13.1. The van der Waals surface area contributed by atoms with Crippen LogP contribution in [0.3, 0.4) is 0 Å². The number of rotatable bonds is 2. The molecule has 0 bridgehead atoms. The number of benzene rings is 1. The lowest BCUT2D eigenvalue weighted by Crippen LogP contribution is -2.35. The average Bonchev–Trinajstić information content (AvgIpc) is 3.12. The summed E-state index contributed by atoms with van der Waals surface area (Å²) in [4.78, 5) is 20.1. The van der Waals surface area contributed by atoms with Crippen LogP contribution in [0.15, 0.2) is 41.5 Å². The molecule has 5 rings (SSSR count). The normalized spacial score (nSPS) is 16.0. The summed E-state index contributed by atoms with van der Waals surface area (Å²) in [5.41, 5.74) is 3.44. The summed E-state index contributed by atoms with van der Waals surface area (Å²) in [5, 5.41) is 16.7. The van der Waals surface area contributed by atoms with Crippen molar-refractivity contribution in [3.8, 4) is 17.0 Å². The third-order valence-electron chi connectivity index (χ3n) is 6.26. The van der Waals surface area contributed by atoms with E-state index in [2.05, 4.69) is 17.0 Å². The second kappa shape index (κ2) is 6.95. The third kappa shape index (κ3) is 2.97. The standard InChI is InChI=1S/C23H25N5O2/c1-14-21-15(13-27(3)25-21)12-18(22(14)29)19-5-4-17-20(24-19)8-11-28(23(17)30)16-6-9-26(2)10-7-16/h4-5,8,11-13,16,29H,6-7,9-10H2,1-3H3. The van der Waals surface area contributed by atoms with Crippen molar-refractivity contribution in [3.05, 3.63) is 52.6 Å². The van der Waals surface area contributed by atoms with Crippen molar-refractivity contribution in [1.29, 1.82) is 0 Å². The molecule has 1 fully saturated rings. The van der Waals surface area contributed by atoms with Crippen LogP contribution in [-0.2, 0) is 7.05 Å². The third-order valence-corrected chi connectivity index (χ3v) is 6.26. The number of likely N-dealkylation sites (tertiary alicyclic amines) is 1. The molecule has 1 N–H and O–H groups in total. The van der Waals surface area contributed by atoms with Gasteiger partial charge in [-0.05, 0) is 64.2 Å². The van der Waals surface area contributed by atoms with Gasteiger partial charge >= 0.3 is 0 Å². The van der Waals surface area contributed by atoms with Gasteiger partial charge in [0.05, 0.1) is 22.1 Å². The van der Waals surface area contributed by atoms with Crippen LogP contribution in [0.2, 0.25) is 0 Å². The van der Waals surface area contributed by atoms with E-state index in [9.17, 15) is 9.90 Å². The Kier molecular flexibility index (Phi) is 4.36. The summed E-state index contributed by atoms with van der Waals surface area (Å²) in [7, 11) is 3.98. The van der Waals surface area contributed by atoms with Gasteiger partial charge in [0.15, 0.2) is 0 Å². The Labute approximate surface area is 174 Å². The number of aromatic hydroxyl groups is 1. The Hall–Kier alpha value is -3.19. The molecule has 0 aliphatic carbocycles. The van der Waals surface area contributed by atoms with E-state index < -0.39 is 0 Å². The van der Waals surface area contributed by atoms with Gasteiger partial charge in [-0.25, -0.2) is 4.98 Å². The molecule has 0 radical (unpaired) electrons. The van der Waals surface area contributed by atoms with Gasteiger partial charge in [0.25, 0.3) is 5.56 Å². The largest absolute Gasteiger partial charge is 0.507 e. The van der Waals surface area contributed by atoms with Gasteiger partial charge in [0, 0.05) is 42.0 Å². The molecule has 0 atom stereocenters. The number of phenolic OH excluding ortho intramolecular Hbond substituents is 1. The van der Waals surface area contributed by atoms with Crippen molar-refractivity contribution >= 4 is 21.8 Å². The second-order valence-electron chi connectivity index (χ2n) is 8.33. The van der Waals surface area contributed by atoms with E-state index in [1.807, 2.05) is 55.2 Å². The zero-order chi connectivity index (χ0) is 21.0. The maximum Gasteiger partial charge on any atom is 0.260 e. The number of pyridine rings is 2. The van der Waals surface area contributed by atoms with Gasteiger partial charge in [-0.15, -0.1) is 0 Å². The minimum Gasteiger partial charge on any atom is -0.507 e. The predicted octanol–water partition coefficient (Wildman–Crippen LogP) is 3.23. The number of aromatic nitrogens is 4. The van der Waals surface area contributed by atoms with E-state index in [0.717, 1.165) is 42.4 Å². The quantitative estimate of drug-likeness (QED) is 0.556. The molecule has 4 heterocycles. The minimum absolute atomic E-state index is 0.00390. The van der Waals surface area contributed by atoms with E-state index in [1.165, 1.54) is 0 Å². The lowest BCUT2D eigenvalue weighted by molar-refractivity contribution is 0.219. The first-order valence-electron chi connectivity index (χ1n) is 10.3. The molecule has 3 aromatic heterocycles. The van der Waals surface area contributed by atoms with E-state index in [1.54, 1.807) is 4.68 Å². The lowest BCUT2D eigenvalue weighted by Gasteiger charge is -2.30. The fourth-order valence-corrected chi connectivity index (χ4v) is 4.49. The number of fused-ring (bicyclic) bond motifs is 2. The van der Waals surface area contributed by atoms with Crippen LogP contribution in [0.5, 0.6) is 5.75 Å². The molecule has 0 unspecified atom stereocenters. The Balaban J connectivity index is 1.59. The van der Waals surface area contributed by atoms with Crippen LogP contribution in [0.25, 0.3) is 33.1 Å². The molecule has 1 aliphatic heterocycles. The van der Waals surface area contributed by atoms with E-state index in [4.69, 9.17) is 4.98 Å². The van der Waals surface area contributed by atoms with Crippen LogP contribution in [0, 0.1) is 6.92 Å². The minimum atomic E-state index is 0.00390. The first-order valence-corrected chi connectivity index (χ1v) is 10.3. The summed E-state index contributed by atoms with van der Waals surface area (Å²) in [6.07, 6.45) is 5.75. The van der Waals surface area contributed by atoms with Gasteiger partial charge < -0.3 is 14.6 Å². The number of nitrogens with zero attached hydrogens (tertiary/aromatic N) is 5. The summed E-state index contributed by atoms with van der Waals surface area (Å²) in [5.74, 6) is 0.174. The van der Waals surface area contributed by atoms with Crippen molar-refractivity contribution in [2.24, 2.45) is 7.05 Å². The fourth-order valence-electron chi connectivity index (χ4n) is 4.49. The van der Waals surface area contributed by atoms with Gasteiger partial charge in [-0.1, -0.05) is 0 Å². The van der Waals surface area contributed by atoms with Crippen LogP contribution in [-0.4, -0.2) is 49.5 Å². The molecular weight excluding hydrogens is 378 g/mol. The van der Waals surface area contributed by atoms with Crippen LogP contribution in [0.1, 0.15) is 24.4 Å². The van der Waals surface area contributed by atoms with Crippen LogP contribution >= 0.6 is 0 Å². The van der Waals surface area contributed by atoms with Crippen molar-refractivity contribution in [2.45, 2.75) is 25.8 Å². The summed E-state index contributed by atoms with van der Waals surface area (Å²) >= 11 is 0. The number of hydrogen-bond donors (Lipinski definition) is 1. The van der Waals surface area contributed by atoms with Gasteiger partial charge in [0.2, 0.25) is 0 Å². The Morgan fingerprint density at radius 3 is 2.67 bits per heavy atom. The molecule has 30 heavy (non-hydrogen) atoms. The van der Waals surface area contributed by atoms with Crippen LogP contribution < -0.4 is 5.56 Å². The first-order chi connectivity index (χ1) is 14.4. The number of aryl methyl sites for hydroxylation is 2. The van der Waals surface area contributed by atoms with Crippen molar-refractivity contribution in [2.75, 3.05) is 20.1 Å². The summed E-state index contributed by atoms with van der Waals surface area (Å²) in [6, 6.07) is 7.69. The summed E-state index contributed by atoms with van der Waals surface area (Å²) in [6.45, 7) is 3.86. The molecule has 1 saturated heterocycles. The highest BCUT2D eigenvalue weighted by Gasteiger charge is 2.20. The average molecular weight is 403 g/mol. The zero-order valence-electron chi connectivity index (χ0n) is 17.5. The Morgan fingerprint density at radius 2 is 1.90 bits per heavy atom. The highest BCUT2D eigenvalue weighted by molar-refractivity contribution is 5.91. The lowest BCUT2D eigenvalue weighted by atomic mass is 10.0. The maximum absolute atomic E-state index is 13.1. The molecule has 154 valence electrons. The topological polar surface area (TPSA) is 76.2 Å². The smallest absolute Gasteiger partial charge is 0.260 e. The van der Waals surface area contributed by atoms with Crippen molar-refractivity contribution < 1.29 is 5.11 Å². The van der Waals surface area contributed by atoms with Gasteiger partial charge in [-0.3, -0.25) is 9.48 Å². The number of hydrogen-bond acceptors (Lipinski definition) is 5. The van der Waals surface area contributed by atoms with Gasteiger partial charge in [-0.2, -0.15) is 5.10 Å². The van der Waals surface area contributed by atoms with E-state index in [0.29, 0.717) is 22.2 Å². The molecule has 7 nitrogen and oxygen atoms in total. The van der Waals surface area contributed by atoms with Gasteiger partial charge in [0.1, 0.15) is 5.75 Å². The SMILES string of the molecule is Cc1c(O)c(-c2ccc3c(=O)n(C4CCN(C)CC4)ccc3n2)cc2cn(C)nc12. The fraction of sp³-hybridized carbons (Fsp3) is 0.348. The highest BCUT2D eigenvalue weighted by atomic mass is 16.3. The monoisotopic (exact) mass is 403 g/mol. The van der Waals surface area contributed by atoms with E-state index in [-0.39, 0.29) is 17.4 Å². The molecule has 1 aromatic carbocycles. The van der Waals surface area contributed by atoms with Crippen LogP contribution in [0.4, 0.5) is 0 Å². The van der Waals surface area contributed by atoms with Crippen molar-refractivity contribution in [3.63, 3.8) is 0 Å². The Morgan fingerprint density at radius 1 is 1.13 bits per heavy atom. The molecule has 0 saturated carbocycles. The predicted molar refractivity (Wildman–Crippen MR) is 118 cm³/mol. The Bertz CT molecular complexity index is 1330. The number of phenols is 1. The first kappa shape index (κ1) is 18.8. The molecule has 4 aromatic rings. The highest BCUT2D eigenvalue weighted by Crippen LogP contribution is 2.36.